The fourth-order valence-corrected chi connectivity index (χ4v) is 9.72. The van der Waals surface area contributed by atoms with E-state index < -0.39 is 128 Å². The molecule has 530 valence electrons. The third-order valence-corrected chi connectivity index (χ3v) is 14.9. The Morgan fingerprint density at radius 2 is 0.989 bits per heavy atom. The van der Waals surface area contributed by atoms with Crippen LogP contribution in [0.3, 0.4) is 0 Å². The zero-order chi connectivity index (χ0) is 70.5. The van der Waals surface area contributed by atoms with Crippen molar-refractivity contribution in [1.29, 1.82) is 32.5 Å². The van der Waals surface area contributed by atoms with Gasteiger partial charge in [-0.05, 0) is 97.2 Å². The summed E-state index contributed by atoms with van der Waals surface area (Å²) in [5.41, 5.74) is 37.9. The van der Waals surface area contributed by atoms with E-state index in [1.54, 1.807) is 14.1 Å². The lowest BCUT2D eigenvalue weighted by Gasteiger charge is -2.38. The molecule has 0 aliphatic carbocycles. The Morgan fingerprint density at radius 1 is 0.606 bits per heavy atom. The van der Waals surface area contributed by atoms with Gasteiger partial charge in [0.15, 0.2) is 42.0 Å². The number of carbonyl (C=O) groups is 7. The topological polar surface area (TPSA) is 698 Å². The van der Waals surface area contributed by atoms with Crippen molar-refractivity contribution in [2.75, 3.05) is 85.3 Å². The fourth-order valence-electron chi connectivity index (χ4n) is 9.14. The van der Waals surface area contributed by atoms with Gasteiger partial charge in [0.1, 0.15) is 42.3 Å². The van der Waals surface area contributed by atoms with Gasteiger partial charge >= 0.3 is 5.69 Å². The normalized spacial score (nSPS) is 16.1. The van der Waals surface area contributed by atoms with E-state index in [4.69, 9.17) is 81.9 Å². The number of aliphatic hydroxyl groups is 1. The molecular weight excluding hydrogens is 1260 g/mol. The molecule has 0 spiro atoms. The van der Waals surface area contributed by atoms with Gasteiger partial charge in [0.25, 0.3) is 8.18 Å². The summed E-state index contributed by atoms with van der Waals surface area (Å²) in [5.74, 6) is -7.82. The van der Waals surface area contributed by atoms with E-state index in [1.807, 2.05) is 0 Å². The SMILES string of the molecule is CC(=O)N[C@@H](CCCNC(=N)N)C(=O)N[C@@H](CCCNC(=N)N)C(=O)N[C@@H](CCCNC(=N)N)C(=O)N[C@@H](CCCNC(=N)N)C(=O)N[C@@H](CCCNC(=N)N)C(O)N[C@@H](CCCNC(=N)N)C(=O)NCC(=O)N1C[C@@H](CO[PH](=O)N(C)C)O[C@@H](n2ccc(N)nc2=O)C1. The molecule has 1 fully saturated rings. The van der Waals surface area contributed by atoms with Crippen LogP contribution in [-0.2, 0) is 47.4 Å². The Hall–Kier alpha value is -9.38. The number of nitrogens with two attached hydrogens (primary N) is 7. The van der Waals surface area contributed by atoms with E-state index >= 15 is 0 Å². The smallest absolute Gasteiger partial charge is 0.351 e. The second-order valence-corrected chi connectivity index (χ2v) is 23.6. The third kappa shape index (κ3) is 33.8. The minimum absolute atomic E-state index is 0.0292. The monoisotopic (exact) mass is 1350 g/mol. The predicted octanol–water partition coefficient (Wildman–Crippen LogP) is -9.06. The van der Waals surface area contributed by atoms with Crippen molar-refractivity contribution >= 4 is 91.1 Å². The largest absolute Gasteiger partial charge is 0.383 e. The molecule has 2 rings (SSSR count). The highest BCUT2D eigenvalue weighted by molar-refractivity contribution is 7.36. The molecule has 1 aromatic heterocycles. The molecule has 43 heteroatoms. The molecule has 0 radical (unpaired) electrons. The second kappa shape index (κ2) is 43.4. The van der Waals surface area contributed by atoms with Crippen molar-refractivity contribution in [2.24, 2.45) is 34.4 Å². The molecule has 2 heterocycles. The molecule has 10 atom stereocenters. The summed E-state index contributed by atoms with van der Waals surface area (Å²) in [4.78, 5) is 116. The first kappa shape index (κ1) is 80.7. The first-order chi connectivity index (χ1) is 44.4. The highest BCUT2D eigenvalue weighted by Gasteiger charge is 2.36. The highest BCUT2D eigenvalue weighted by Crippen LogP contribution is 2.27. The number of morpholine rings is 1. The van der Waals surface area contributed by atoms with Crippen molar-refractivity contribution in [2.45, 2.75) is 139 Å². The van der Waals surface area contributed by atoms with E-state index in [9.17, 15) is 48.0 Å². The number of ether oxygens (including phenoxy) is 1. The zero-order valence-corrected chi connectivity index (χ0v) is 54.2. The molecule has 0 bridgehead atoms. The van der Waals surface area contributed by atoms with Gasteiger partial charge in [0.2, 0.25) is 41.4 Å². The maximum Gasteiger partial charge on any atom is 0.351 e. The number of hydrogen-bond donors (Lipinski definition) is 27. The van der Waals surface area contributed by atoms with Gasteiger partial charge in [-0.2, -0.15) is 4.98 Å². The summed E-state index contributed by atoms with van der Waals surface area (Å²) in [6, 6.07) is -6.81. The molecule has 7 amide bonds. The van der Waals surface area contributed by atoms with Crippen molar-refractivity contribution < 1.29 is 52.5 Å². The van der Waals surface area contributed by atoms with E-state index in [-0.39, 0.29) is 166 Å². The number of aromatic nitrogens is 2. The average molecular weight is 1360 g/mol. The van der Waals surface area contributed by atoms with Crippen LogP contribution in [0.25, 0.3) is 0 Å². The van der Waals surface area contributed by atoms with E-state index in [1.165, 1.54) is 28.8 Å². The molecule has 2 unspecified atom stereocenters. The second-order valence-electron chi connectivity index (χ2n) is 21.9. The van der Waals surface area contributed by atoms with Crippen LogP contribution in [0.2, 0.25) is 0 Å². The molecular formula is C51H99N30O12P. The number of aliphatic hydroxyl groups excluding tert-OH is 1. The maximum atomic E-state index is 14.7. The van der Waals surface area contributed by atoms with Crippen LogP contribution < -0.4 is 115 Å². The molecule has 0 aromatic carbocycles. The molecule has 34 N–H and O–H groups in total. The summed E-state index contributed by atoms with van der Waals surface area (Å²) in [6.45, 7) is 0.413. The minimum Gasteiger partial charge on any atom is -0.383 e. The molecule has 1 aromatic rings. The van der Waals surface area contributed by atoms with Crippen LogP contribution in [0.5, 0.6) is 0 Å². The first-order valence-corrected chi connectivity index (χ1v) is 31.4. The Morgan fingerprint density at radius 3 is 1.37 bits per heavy atom. The number of carbonyl (C=O) groups excluding carboxylic acids is 7. The lowest BCUT2D eigenvalue weighted by atomic mass is 10.0. The standard InChI is InChI=1S/C51H99N30O12P/c1-28(82)72-31(11-5-18-66-46(55)56)40(85)74-33(13-7-20-68-48(59)60)42(87)76-35(15-9-22-70-50(63)64)44(89)77-34(14-8-21-69-49(61)62)43(88)75-32(12-6-19-67-47(57)58)41(86)73-30(10-4-17-65-45(53)54)39(84)71-24-37(83)80-25-29(27-92-94(91)79(2)3)93-38(26-80)81-23-16-36(52)78-51(81)90/h16,23,29-35,38,41,73,86,94H,4-15,17-22,24-27H2,1-3H3,(H,71,84)(H,72,82)(H,74,85)(H,75,88)(H,76,87)(H,77,89)(H2,52,78,90)(H4,53,54,65)(H4,55,56,66)(H4,57,58,67)(H4,59,60,68)(H4,61,62,69)(H4,63,64,70)/t29-,30-,31-,32-,33-,34-,35-,38+,41?/m0/s1. The summed E-state index contributed by atoms with van der Waals surface area (Å²) < 4.78 is 26.6. The van der Waals surface area contributed by atoms with Crippen LogP contribution >= 0.6 is 8.18 Å². The van der Waals surface area contributed by atoms with E-state index in [0.717, 1.165) is 4.57 Å². The van der Waals surface area contributed by atoms with Gasteiger partial charge in [-0.25, -0.2) is 9.46 Å². The van der Waals surface area contributed by atoms with Crippen LogP contribution in [0.1, 0.15) is 90.2 Å². The van der Waals surface area contributed by atoms with Gasteiger partial charge in [-0.15, -0.1) is 0 Å². The van der Waals surface area contributed by atoms with Crippen LogP contribution in [0.4, 0.5) is 5.82 Å². The Labute approximate surface area is 544 Å². The van der Waals surface area contributed by atoms with Crippen LogP contribution in [-0.4, -0.2) is 230 Å². The fraction of sp³-hybridized carbons (Fsp3) is 0.667. The predicted molar refractivity (Wildman–Crippen MR) is 348 cm³/mol. The van der Waals surface area contributed by atoms with Crippen molar-refractivity contribution in [3.05, 3.63) is 22.7 Å². The number of guanidine groups is 6. The lowest BCUT2D eigenvalue weighted by molar-refractivity contribution is -0.158. The molecule has 1 aliphatic heterocycles. The Kier molecular flexibility index (Phi) is 37.3. The number of nitrogens with one attached hydrogen (secondary N) is 19. The minimum atomic E-state index is -2.69. The molecule has 94 heavy (non-hydrogen) atoms. The van der Waals surface area contributed by atoms with Crippen LogP contribution in [0.15, 0.2) is 17.1 Å². The number of nitrogens with zero attached hydrogens (tertiary/aromatic N) is 4. The number of nitrogen functional groups attached to an aromatic ring is 1. The third-order valence-electron chi connectivity index (χ3n) is 13.8. The lowest BCUT2D eigenvalue weighted by Crippen LogP contribution is -2.61. The Balaban J connectivity index is 2.58. The van der Waals surface area contributed by atoms with Gasteiger partial charge < -0.3 is 123 Å². The van der Waals surface area contributed by atoms with Crippen molar-refractivity contribution in [1.82, 2.24) is 88.2 Å². The van der Waals surface area contributed by atoms with Crippen molar-refractivity contribution in [3.8, 4) is 0 Å². The van der Waals surface area contributed by atoms with Gasteiger partial charge in [0, 0.05) is 58.9 Å². The number of anilines is 1. The average Bonchev–Trinajstić information content (AvgIpc) is 0.879. The number of rotatable bonds is 44. The highest BCUT2D eigenvalue weighted by atomic mass is 31.1. The molecule has 0 saturated carbocycles. The van der Waals surface area contributed by atoms with Gasteiger partial charge in [-0.3, -0.25) is 80.5 Å². The quantitative estimate of drug-likeness (QED) is 0.00948. The molecule has 1 saturated heterocycles. The zero-order valence-electron chi connectivity index (χ0n) is 53.2. The molecule has 42 nitrogen and oxygen atoms in total. The van der Waals surface area contributed by atoms with Crippen LogP contribution in [0, 0.1) is 32.5 Å². The Bertz CT molecular complexity index is 2800. The summed E-state index contributed by atoms with van der Waals surface area (Å²) in [6.07, 6.45) is -2.20. The summed E-state index contributed by atoms with van der Waals surface area (Å²) >= 11 is 0. The molecule has 1 aliphatic rings. The van der Waals surface area contributed by atoms with Crippen molar-refractivity contribution in [3.63, 3.8) is 0 Å². The maximum absolute atomic E-state index is 14.7. The van der Waals surface area contributed by atoms with E-state index in [2.05, 4.69) is 74.1 Å². The summed E-state index contributed by atoms with van der Waals surface area (Å²) in [7, 11) is 0.391. The number of hydrogen-bond acceptors (Lipinski definition) is 21. The first-order valence-electron chi connectivity index (χ1n) is 30.2. The summed E-state index contributed by atoms with van der Waals surface area (Å²) in [5, 5.41) is 92.0. The number of amides is 7. The van der Waals surface area contributed by atoms with Gasteiger partial charge in [-0.1, -0.05) is 0 Å². The van der Waals surface area contributed by atoms with Gasteiger partial charge in [0.05, 0.1) is 31.8 Å². The van der Waals surface area contributed by atoms with E-state index in [0.29, 0.717) is 0 Å².